The van der Waals surface area contributed by atoms with E-state index in [1.54, 1.807) is 30.3 Å². The molecule has 204 valence electrons. The minimum absolute atomic E-state index is 0.0748. The highest BCUT2D eigenvalue weighted by atomic mass is 16.4. The van der Waals surface area contributed by atoms with Gasteiger partial charge in [0, 0.05) is 33.3 Å². The summed E-state index contributed by atoms with van der Waals surface area (Å²) in [5, 5.41) is 3.56. The Labute approximate surface area is 238 Å². The standard InChI is InChI=1S/C35H30N2O4/c1-34(2)22-35(3,25-15-8-5-9-16-25)28-21-26(18-19-29(28)37(34)32(39)23-12-6-4-7-13-23)36-31(38)27-20-24-14-10-11-17-30(24)41-33(27)40/h4-21H,22H2,1-3H3,(H,36,38). The first-order valence-electron chi connectivity index (χ1n) is 13.6. The number of fused-ring (bicyclic) bond motifs is 2. The molecule has 1 N–H and O–H groups in total. The van der Waals surface area contributed by atoms with E-state index in [2.05, 4.69) is 38.2 Å². The lowest BCUT2D eigenvalue weighted by Crippen LogP contribution is -2.55. The van der Waals surface area contributed by atoms with Gasteiger partial charge in [0.2, 0.25) is 0 Å². The number of carbonyl (C=O) groups excluding carboxylic acids is 2. The Morgan fingerprint density at radius 2 is 1.46 bits per heavy atom. The van der Waals surface area contributed by atoms with Gasteiger partial charge in [0.25, 0.3) is 11.8 Å². The molecule has 41 heavy (non-hydrogen) atoms. The lowest BCUT2D eigenvalue weighted by Gasteiger charge is -2.51. The van der Waals surface area contributed by atoms with E-state index in [0.29, 0.717) is 28.6 Å². The molecule has 0 aliphatic carbocycles. The molecule has 1 aromatic heterocycles. The molecule has 2 heterocycles. The highest BCUT2D eigenvalue weighted by Gasteiger charge is 2.48. The first-order chi connectivity index (χ1) is 19.7. The molecule has 1 aliphatic heterocycles. The second-order valence-corrected chi connectivity index (χ2v) is 11.4. The van der Waals surface area contributed by atoms with Crippen LogP contribution in [0.3, 0.4) is 0 Å². The third kappa shape index (κ3) is 4.61. The minimum Gasteiger partial charge on any atom is -0.422 e. The van der Waals surface area contributed by atoms with Crippen molar-refractivity contribution < 1.29 is 14.0 Å². The lowest BCUT2D eigenvalue weighted by atomic mass is 9.65. The second kappa shape index (κ2) is 9.89. The number of anilines is 2. The smallest absolute Gasteiger partial charge is 0.349 e. The maximum atomic E-state index is 13.9. The Morgan fingerprint density at radius 1 is 0.805 bits per heavy atom. The van der Waals surface area contributed by atoms with Gasteiger partial charge in [-0.05, 0) is 73.9 Å². The number of hydrogen-bond acceptors (Lipinski definition) is 4. The van der Waals surface area contributed by atoms with Gasteiger partial charge in [0.05, 0.1) is 0 Å². The fourth-order valence-electron chi connectivity index (χ4n) is 6.19. The fourth-order valence-corrected chi connectivity index (χ4v) is 6.19. The summed E-state index contributed by atoms with van der Waals surface area (Å²) < 4.78 is 5.38. The van der Waals surface area contributed by atoms with E-state index >= 15 is 0 Å². The Kier molecular flexibility index (Phi) is 6.34. The summed E-state index contributed by atoms with van der Waals surface area (Å²) >= 11 is 0. The van der Waals surface area contributed by atoms with E-state index in [-0.39, 0.29) is 11.5 Å². The number of nitrogens with zero attached hydrogens (tertiary/aromatic N) is 1. The SMILES string of the molecule is CC1(c2ccccc2)CC(C)(C)N(C(=O)c2ccccc2)c2ccc(NC(=O)c3cc4ccccc4oc3=O)cc21. The number of amides is 2. The van der Waals surface area contributed by atoms with Gasteiger partial charge in [-0.25, -0.2) is 4.79 Å². The summed E-state index contributed by atoms with van der Waals surface area (Å²) in [5.74, 6) is -0.642. The van der Waals surface area contributed by atoms with E-state index in [1.165, 1.54) is 0 Å². The number of nitrogens with one attached hydrogen (secondary N) is 1. The molecular formula is C35H30N2O4. The Morgan fingerprint density at radius 3 is 2.20 bits per heavy atom. The number of carbonyl (C=O) groups is 2. The molecular weight excluding hydrogens is 512 g/mol. The van der Waals surface area contributed by atoms with Crippen LogP contribution in [-0.4, -0.2) is 17.4 Å². The van der Waals surface area contributed by atoms with Crippen molar-refractivity contribution in [2.45, 2.75) is 38.1 Å². The zero-order valence-electron chi connectivity index (χ0n) is 23.2. The van der Waals surface area contributed by atoms with Gasteiger partial charge in [-0.3, -0.25) is 9.59 Å². The van der Waals surface area contributed by atoms with Crippen LogP contribution in [0.15, 0.2) is 118 Å². The Balaban J connectivity index is 1.46. The van der Waals surface area contributed by atoms with Crippen molar-refractivity contribution in [1.29, 1.82) is 0 Å². The van der Waals surface area contributed by atoms with Crippen molar-refractivity contribution in [3.8, 4) is 0 Å². The van der Waals surface area contributed by atoms with Gasteiger partial charge < -0.3 is 14.6 Å². The zero-order chi connectivity index (χ0) is 28.8. The van der Waals surface area contributed by atoms with Crippen LogP contribution in [0, 0.1) is 0 Å². The highest BCUT2D eigenvalue weighted by molar-refractivity contribution is 6.09. The van der Waals surface area contributed by atoms with Gasteiger partial charge in [-0.15, -0.1) is 0 Å². The van der Waals surface area contributed by atoms with Gasteiger partial charge in [-0.1, -0.05) is 73.7 Å². The molecule has 6 nitrogen and oxygen atoms in total. The summed E-state index contributed by atoms with van der Waals surface area (Å²) in [5.41, 5.74) is 2.61. The van der Waals surface area contributed by atoms with E-state index in [0.717, 1.165) is 16.8 Å². The van der Waals surface area contributed by atoms with Gasteiger partial charge >= 0.3 is 5.63 Å². The summed E-state index contributed by atoms with van der Waals surface area (Å²) in [6, 6.07) is 33.7. The van der Waals surface area contributed by atoms with E-state index in [4.69, 9.17) is 4.42 Å². The number of para-hydroxylation sites is 1. The monoisotopic (exact) mass is 542 g/mol. The Hall–Kier alpha value is -4.97. The van der Waals surface area contributed by atoms with Crippen molar-refractivity contribution >= 4 is 34.2 Å². The van der Waals surface area contributed by atoms with Crippen LogP contribution < -0.4 is 15.8 Å². The number of hydrogen-bond donors (Lipinski definition) is 1. The van der Waals surface area contributed by atoms with Gasteiger partial charge in [-0.2, -0.15) is 0 Å². The van der Waals surface area contributed by atoms with Crippen molar-refractivity contribution in [2.24, 2.45) is 0 Å². The summed E-state index contributed by atoms with van der Waals surface area (Å²) in [4.78, 5) is 41.7. The molecule has 0 saturated heterocycles. The van der Waals surface area contributed by atoms with Crippen LogP contribution in [-0.2, 0) is 5.41 Å². The molecule has 0 spiro atoms. The molecule has 0 bridgehead atoms. The third-order valence-electron chi connectivity index (χ3n) is 8.00. The highest BCUT2D eigenvalue weighted by Crippen LogP contribution is 2.51. The number of benzene rings is 4. The van der Waals surface area contributed by atoms with Gasteiger partial charge in [0.1, 0.15) is 11.1 Å². The number of rotatable bonds is 4. The second-order valence-electron chi connectivity index (χ2n) is 11.4. The van der Waals surface area contributed by atoms with Crippen LogP contribution in [0.5, 0.6) is 0 Å². The zero-order valence-corrected chi connectivity index (χ0v) is 23.2. The van der Waals surface area contributed by atoms with Crippen LogP contribution >= 0.6 is 0 Å². The molecule has 4 aromatic carbocycles. The molecule has 0 radical (unpaired) electrons. The molecule has 2 amide bonds. The fraction of sp³-hybridized carbons (Fsp3) is 0.171. The molecule has 0 fully saturated rings. The van der Waals surface area contributed by atoms with Crippen molar-refractivity contribution in [2.75, 3.05) is 10.2 Å². The van der Waals surface area contributed by atoms with Crippen LogP contribution in [0.2, 0.25) is 0 Å². The topological polar surface area (TPSA) is 79.6 Å². The lowest BCUT2D eigenvalue weighted by molar-refractivity contribution is 0.0947. The third-order valence-corrected chi connectivity index (χ3v) is 8.00. The van der Waals surface area contributed by atoms with Crippen molar-refractivity contribution in [1.82, 2.24) is 0 Å². The van der Waals surface area contributed by atoms with Gasteiger partial charge in [0.15, 0.2) is 0 Å². The Bertz CT molecular complexity index is 1840. The maximum Gasteiger partial charge on any atom is 0.349 e. The molecule has 1 unspecified atom stereocenters. The summed E-state index contributed by atoms with van der Waals surface area (Å²) in [6.45, 7) is 6.36. The first-order valence-corrected chi connectivity index (χ1v) is 13.6. The molecule has 0 saturated carbocycles. The maximum absolute atomic E-state index is 13.9. The van der Waals surface area contributed by atoms with Crippen LogP contribution in [0.4, 0.5) is 11.4 Å². The molecule has 1 aliphatic rings. The predicted molar refractivity (Wildman–Crippen MR) is 162 cm³/mol. The van der Waals surface area contributed by atoms with E-state index in [1.807, 2.05) is 71.6 Å². The molecule has 6 heteroatoms. The summed E-state index contributed by atoms with van der Waals surface area (Å²) in [6.07, 6.45) is 0.654. The minimum atomic E-state index is -0.699. The van der Waals surface area contributed by atoms with E-state index < -0.39 is 22.5 Å². The molecule has 1 atom stereocenters. The largest absolute Gasteiger partial charge is 0.422 e. The van der Waals surface area contributed by atoms with E-state index in [9.17, 15) is 14.4 Å². The summed E-state index contributed by atoms with van der Waals surface area (Å²) in [7, 11) is 0. The normalized spacial score (nSPS) is 17.6. The van der Waals surface area contributed by atoms with Crippen molar-refractivity contribution in [3.63, 3.8) is 0 Å². The van der Waals surface area contributed by atoms with Crippen LogP contribution in [0.25, 0.3) is 11.0 Å². The predicted octanol–water partition coefficient (Wildman–Crippen LogP) is 7.18. The average molecular weight is 543 g/mol. The quantitative estimate of drug-likeness (QED) is 0.244. The molecule has 6 rings (SSSR count). The van der Waals surface area contributed by atoms with Crippen LogP contribution in [0.1, 0.15) is 59.0 Å². The molecule has 5 aromatic rings. The average Bonchev–Trinajstić information content (AvgIpc) is 2.97. The first kappa shape index (κ1) is 26.3. The van der Waals surface area contributed by atoms with Crippen molar-refractivity contribution in [3.05, 3.63) is 142 Å².